The second-order valence-electron chi connectivity index (χ2n) is 13.0. The summed E-state index contributed by atoms with van der Waals surface area (Å²) in [5, 5.41) is 73.0. The molecular weight excluding hydrogens is 680 g/mol. The summed E-state index contributed by atoms with van der Waals surface area (Å²) in [6.07, 6.45) is -15.8. The number of hydrogen-bond acceptors (Lipinski definition) is 17. The van der Waals surface area contributed by atoms with Gasteiger partial charge in [0.2, 0.25) is 17.8 Å². The molecule has 51 heavy (non-hydrogen) atoms. The first-order chi connectivity index (χ1) is 24.4. The zero-order valence-corrected chi connectivity index (χ0v) is 28.7. The van der Waals surface area contributed by atoms with Crippen LogP contribution in [0.3, 0.4) is 0 Å². The van der Waals surface area contributed by atoms with Gasteiger partial charge in [-0.05, 0) is 42.3 Å². The van der Waals surface area contributed by atoms with E-state index in [-0.39, 0.29) is 52.4 Å². The van der Waals surface area contributed by atoms with E-state index in [1.54, 1.807) is 24.3 Å². The first-order valence-corrected chi connectivity index (χ1v) is 16.5. The Bertz CT molecular complexity index is 1460. The van der Waals surface area contributed by atoms with E-state index in [1.165, 1.54) is 35.4 Å². The zero-order chi connectivity index (χ0) is 36.7. The summed E-state index contributed by atoms with van der Waals surface area (Å²) in [6, 6.07) is 6.83. The molecule has 4 heterocycles. The Kier molecular flexibility index (Phi) is 11.4. The van der Waals surface area contributed by atoms with Crippen molar-refractivity contribution < 1.29 is 83.1 Å². The van der Waals surface area contributed by atoms with Crippen molar-refractivity contribution in [3.8, 4) is 34.5 Å². The van der Waals surface area contributed by atoms with Crippen molar-refractivity contribution in [1.29, 1.82) is 0 Å². The van der Waals surface area contributed by atoms with Gasteiger partial charge in [0.1, 0.15) is 36.6 Å². The smallest absolute Gasteiger partial charge is 0.230 e. The number of methoxy groups -OCH3 is 4. The normalized spacial score (nSPS) is 37.9. The zero-order valence-electron chi connectivity index (χ0n) is 28.7. The van der Waals surface area contributed by atoms with E-state index in [9.17, 15) is 35.7 Å². The molecule has 0 radical (unpaired) electrons. The number of phenols is 1. The number of aromatic hydroxyl groups is 1. The van der Waals surface area contributed by atoms with Crippen molar-refractivity contribution >= 4 is 0 Å². The minimum Gasteiger partial charge on any atom is -0.502 e. The molecule has 2 aromatic carbocycles. The largest absolute Gasteiger partial charge is 0.502 e. The second kappa shape index (κ2) is 15.4. The summed E-state index contributed by atoms with van der Waals surface area (Å²) in [7, 11) is 5.73. The van der Waals surface area contributed by atoms with E-state index in [2.05, 4.69) is 0 Å². The first-order valence-electron chi connectivity index (χ1n) is 16.5. The van der Waals surface area contributed by atoms with E-state index in [4.69, 9.17) is 47.4 Å². The van der Waals surface area contributed by atoms with Crippen LogP contribution in [-0.4, -0.2) is 145 Å². The summed E-state index contributed by atoms with van der Waals surface area (Å²) in [5.41, 5.74) is 1.45. The first kappa shape index (κ1) is 37.6. The molecule has 17 nitrogen and oxygen atoms in total. The minimum atomic E-state index is -1.73. The fourth-order valence-electron chi connectivity index (χ4n) is 7.19. The highest BCUT2D eigenvalue weighted by atomic mass is 16.8. The van der Waals surface area contributed by atoms with Crippen LogP contribution in [0.5, 0.6) is 34.5 Å². The van der Waals surface area contributed by atoms with E-state index in [1.807, 2.05) is 0 Å². The Hall–Kier alpha value is -3.20. The number of aliphatic hydroxyl groups is 6. The summed E-state index contributed by atoms with van der Waals surface area (Å²) in [6.45, 7) is 1.51. The molecule has 0 saturated carbocycles. The van der Waals surface area contributed by atoms with Crippen LogP contribution < -0.4 is 23.7 Å². The lowest BCUT2D eigenvalue weighted by atomic mass is 9.84. The predicted molar refractivity (Wildman–Crippen MR) is 171 cm³/mol. The molecule has 0 aliphatic carbocycles. The van der Waals surface area contributed by atoms with Crippen molar-refractivity contribution in [2.75, 3.05) is 48.3 Å². The number of benzene rings is 2. The maximum absolute atomic E-state index is 11.1. The summed E-state index contributed by atoms with van der Waals surface area (Å²) in [4.78, 5) is 0. The second-order valence-corrected chi connectivity index (χ2v) is 13.0. The minimum absolute atomic E-state index is 0.0231. The maximum Gasteiger partial charge on any atom is 0.230 e. The lowest BCUT2D eigenvalue weighted by molar-refractivity contribution is -0.354. The molecule has 17 heteroatoms. The third kappa shape index (κ3) is 6.89. The fraction of sp³-hybridized carbons (Fsp3) is 0.647. The van der Waals surface area contributed by atoms with Gasteiger partial charge in [0, 0.05) is 11.8 Å². The van der Waals surface area contributed by atoms with Crippen molar-refractivity contribution in [2.24, 2.45) is 11.8 Å². The lowest BCUT2D eigenvalue weighted by Gasteiger charge is -2.45. The molecule has 2 aromatic rings. The van der Waals surface area contributed by atoms with Gasteiger partial charge in [-0.2, -0.15) is 0 Å². The van der Waals surface area contributed by atoms with E-state index < -0.39 is 74.1 Å². The molecule has 7 N–H and O–H groups in total. The van der Waals surface area contributed by atoms with Crippen molar-refractivity contribution in [3.05, 3.63) is 35.4 Å². The van der Waals surface area contributed by atoms with E-state index >= 15 is 0 Å². The molecule has 14 atom stereocenters. The third-order valence-electron chi connectivity index (χ3n) is 10.1. The monoisotopic (exact) mass is 726 g/mol. The predicted octanol–water partition coefficient (Wildman–Crippen LogP) is -0.468. The summed E-state index contributed by atoms with van der Waals surface area (Å²) < 4.78 is 58.1. The Morgan fingerprint density at radius 1 is 0.647 bits per heavy atom. The van der Waals surface area contributed by atoms with Crippen molar-refractivity contribution in [3.63, 3.8) is 0 Å². The maximum atomic E-state index is 11.1. The van der Waals surface area contributed by atoms with Gasteiger partial charge in [0.05, 0.1) is 66.6 Å². The molecule has 0 aromatic heterocycles. The number of rotatable bonds is 11. The molecule has 4 aliphatic heterocycles. The van der Waals surface area contributed by atoms with Gasteiger partial charge < -0.3 is 83.1 Å². The van der Waals surface area contributed by atoms with E-state index in [0.717, 1.165) is 5.56 Å². The highest BCUT2D eigenvalue weighted by Crippen LogP contribution is 2.53. The topological polar surface area (TPSA) is 234 Å². The Balaban J connectivity index is 1.26. The summed E-state index contributed by atoms with van der Waals surface area (Å²) in [5.74, 6) is 0.658. The molecule has 6 rings (SSSR count). The van der Waals surface area contributed by atoms with E-state index in [0.29, 0.717) is 18.8 Å². The lowest BCUT2D eigenvalue weighted by Crippen LogP contribution is -2.64. The molecule has 4 fully saturated rings. The molecule has 0 amide bonds. The Labute approximate surface area is 293 Å². The highest BCUT2D eigenvalue weighted by Gasteiger charge is 2.52. The number of phenolic OH excluding ortho intramolecular Hbond substituents is 1. The average Bonchev–Trinajstić information content (AvgIpc) is 3.75. The van der Waals surface area contributed by atoms with Crippen molar-refractivity contribution in [2.45, 2.75) is 80.5 Å². The Morgan fingerprint density at radius 3 is 1.65 bits per heavy atom. The van der Waals surface area contributed by atoms with Gasteiger partial charge in [0.15, 0.2) is 35.4 Å². The Morgan fingerprint density at radius 2 is 1.16 bits per heavy atom. The molecular formula is C34H46O17. The fourth-order valence-corrected chi connectivity index (χ4v) is 7.19. The average molecular weight is 727 g/mol. The molecule has 14 unspecified atom stereocenters. The number of hydrogen-bond donors (Lipinski definition) is 7. The van der Waals surface area contributed by atoms with Crippen LogP contribution in [0, 0.1) is 11.8 Å². The van der Waals surface area contributed by atoms with Gasteiger partial charge in [-0.15, -0.1) is 0 Å². The van der Waals surface area contributed by atoms with Gasteiger partial charge in [-0.3, -0.25) is 0 Å². The van der Waals surface area contributed by atoms with Crippen LogP contribution in [0.25, 0.3) is 0 Å². The summed E-state index contributed by atoms with van der Waals surface area (Å²) >= 11 is 0. The van der Waals surface area contributed by atoms with Gasteiger partial charge >= 0.3 is 0 Å². The molecule has 4 aliphatic rings. The van der Waals surface area contributed by atoms with Crippen LogP contribution in [0.4, 0.5) is 0 Å². The standard InChI is InChI=1S/C34H46O17/c1-13-23(36)26(39)28(41)33(48-13)51-32-27(40)25(38)22(10-35)49-34(32)50-31-20(44-4)8-15(9-21(31)45-5)30-17-12-46-29(16(17)11-47-30)14-6-18(42-2)24(37)19(7-14)43-3/h6-9,13,16-17,22-23,25-30,32-41H,10-12H2,1-5H3. The highest BCUT2D eigenvalue weighted by molar-refractivity contribution is 5.55. The van der Waals surface area contributed by atoms with Gasteiger partial charge in [-0.1, -0.05) is 0 Å². The van der Waals surface area contributed by atoms with Crippen LogP contribution in [0.2, 0.25) is 0 Å². The van der Waals surface area contributed by atoms with Crippen LogP contribution in [0.15, 0.2) is 24.3 Å². The van der Waals surface area contributed by atoms with Gasteiger partial charge in [-0.25, -0.2) is 0 Å². The van der Waals surface area contributed by atoms with Crippen molar-refractivity contribution in [1.82, 2.24) is 0 Å². The number of aliphatic hydroxyl groups excluding tert-OH is 6. The molecule has 0 bridgehead atoms. The van der Waals surface area contributed by atoms with Gasteiger partial charge in [0.25, 0.3) is 0 Å². The van der Waals surface area contributed by atoms with Crippen LogP contribution in [-0.2, 0) is 23.7 Å². The molecule has 0 spiro atoms. The number of fused-ring (bicyclic) bond motifs is 1. The SMILES string of the molecule is COc1cc(C2OCC3C(c4cc(OC)c(OC5OC(CO)C(O)C(O)C5OC5OC(C)C(O)C(O)C5O)c(OC)c4)OCC23)cc(OC)c1O. The van der Waals surface area contributed by atoms with Crippen LogP contribution in [0.1, 0.15) is 30.3 Å². The number of ether oxygens (including phenoxy) is 10. The molecule has 4 saturated heterocycles. The molecule has 284 valence electrons. The van der Waals surface area contributed by atoms with Crippen LogP contribution >= 0.6 is 0 Å². The third-order valence-corrected chi connectivity index (χ3v) is 10.1. The quantitative estimate of drug-likeness (QED) is 0.155.